The fraction of sp³-hybridized carbons (Fsp3) is 0.294. The molecule has 2 rings (SSSR count). The molecule has 3 heteroatoms. The van der Waals surface area contributed by atoms with E-state index < -0.39 is 0 Å². The summed E-state index contributed by atoms with van der Waals surface area (Å²) < 4.78 is 19.3. The fourth-order valence-electron chi connectivity index (χ4n) is 2.25. The molecule has 0 fully saturated rings. The van der Waals surface area contributed by atoms with Crippen molar-refractivity contribution in [1.82, 2.24) is 5.32 Å². The van der Waals surface area contributed by atoms with Crippen molar-refractivity contribution >= 4 is 0 Å². The SMILES string of the molecule is CCNC(C)c1ccc(F)c(-c2cccc(OC)c2)c1. The molecule has 0 aromatic heterocycles. The maximum Gasteiger partial charge on any atom is 0.131 e. The molecule has 0 saturated heterocycles. The second-order valence-electron chi connectivity index (χ2n) is 4.75. The quantitative estimate of drug-likeness (QED) is 0.882. The molecule has 1 unspecified atom stereocenters. The van der Waals surface area contributed by atoms with Crippen LogP contribution < -0.4 is 10.1 Å². The van der Waals surface area contributed by atoms with Gasteiger partial charge in [0.1, 0.15) is 11.6 Å². The minimum absolute atomic E-state index is 0.199. The highest BCUT2D eigenvalue weighted by atomic mass is 19.1. The van der Waals surface area contributed by atoms with Gasteiger partial charge in [0.05, 0.1) is 7.11 Å². The fourth-order valence-corrected chi connectivity index (χ4v) is 2.25. The van der Waals surface area contributed by atoms with Gasteiger partial charge in [-0.25, -0.2) is 4.39 Å². The Morgan fingerprint density at radius 2 is 2.00 bits per heavy atom. The summed E-state index contributed by atoms with van der Waals surface area (Å²) in [6.07, 6.45) is 0. The van der Waals surface area contributed by atoms with E-state index in [1.165, 1.54) is 6.07 Å². The van der Waals surface area contributed by atoms with Crippen LogP contribution in [0.5, 0.6) is 5.75 Å². The lowest BCUT2D eigenvalue weighted by Gasteiger charge is -2.15. The molecule has 106 valence electrons. The van der Waals surface area contributed by atoms with Crippen LogP contribution in [0, 0.1) is 5.82 Å². The monoisotopic (exact) mass is 273 g/mol. The molecule has 2 aromatic carbocycles. The summed E-state index contributed by atoms with van der Waals surface area (Å²) in [5, 5.41) is 3.34. The second-order valence-corrected chi connectivity index (χ2v) is 4.75. The third-order valence-electron chi connectivity index (χ3n) is 3.38. The molecule has 0 radical (unpaired) electrons. The summed E-state index contributed by atoms with van der Waals surface area (Å²) in [5.41, 5.74) is 2.50. The van der Waals surface area contributed by atoms with Gasteiger partial charge in [-0.3, -0.25) is 0 Å². The number of benzene rings is 2. The van der Waals surface area contributed by atoms with Crippen LogP contribution in [0.15, 0.2) is 42.5 Å². The van der Waals surface area contributed by atoms with Crippen LogP contribution in [0.1, 0.15) is 25.5 Å². The van der Waals surface area contributed by atoms with Crippen LogP contribution in [0.2, 0.25) is 0 Å². The van der Waals surface area contributed by atoms with Crippen molar-refractivity contribution in [3.05, 3.63) is 53.8 Å². The molecular weight excluding hydrogens is 253 g/mol. The molecule has 0 aliphatic rings. The first kappa shape index (κ1) is 14.5. The highest BCUT2D eigenvalue weighted by Crippen LogP contribution is 2.28. The van der Waals surface area contributed by atoms with Crippen molar-refractivity contribution in [2.24, 2.45) is 0 Å². The predicted octanol–water partition coefficient (Wildman–Crippen LogP) is 4.17. The Morgan fingerprint density at radius 3 is 2.70 bits per heavy atom. The van der Waals surface area contributed by atoms with Crippen LogP contribution in [-0.2, 0) is 0 Å². The Bertz CT molecular complexity index is 583. The molecule has 1 N–H and O–H groups in total. The van der Waals surface area contributed by atoms with Gasteiger partial charge in [-0.15, -0.1) is 0 Å². The normalized spacial score (nSPS) is 12.2. The van der Waals surface area contributed by atoms with E-state index in [0.29, 0.717) is 5.56 Å². The Labute approximate surface area is 119 Å². The standard InChI is InChI=1S/C17H20FNO/c1-4-19-12(2)13-8-9-17(18)16(11-13)14-6-5-7-15(10-14)20-3/h5-12,19H,4H2,1-3H3. The highest BCUT2D eigenvalue weighted by molar-refractivity contribution is 5.66. The molecule has 1 atom stereocenters. The molecule has 0 bridgehead atoms. The molecule has 2 nitrogen and oxygen atoms in total. The zero-order valence-electron chi connectivity index (χ0n) is 12.1. The predicted molar refractivity (Wildman–Crippen MR) is 80.5 cm³/mol. The molecule has 0 spiro atoms. The third kappa shape index (κ3) is 3.17. The smallest absolute Gasteiger partial charge is 0.131 e. The lowest BCUT2D eigenvalue weighted by atomic mass is 9.99. The molecule has 0 amide bonds. The van der Waals surface area contributed by atoms with Gasteiger partial charge in [0.15, 0.2) is 0 Å². The summed E-state index contributed by atoms with van der Waals surface area (Å²) in [5.74, 6) is 0.512. The number of ether oxygens (including phenoxy) is 1. The van der Waals surface area contributed by atoms with Gasteiger partial charge < -0.3 is 10.1 Å². The molecule has 0 saturated carbocycles. The van der Waals surface area contributed by atoms with Gasteiger partial charge in [0.2, 0.25) is 0 Å². The molecule has 0 aliphatic heterocycles. The summed E-state index contributed by atoms with van der Waals surface area (Å²) in [6, 6.07) is 12.9. The first-order chi connectivity index (χ1) is 9.65. The van der Waals surface area contributed by atoms with Gasteiger partial charge in [0, 0.05) is 11.6 Å². The van der Waals surface area contributed by atoms with Gasteiger partial charge >= 0.3 is 0 Å². The Balaban J connectivity index is 2.41. The van der Waals surface area contributed by atoms with E-state index in [0.717, 1.165) is 23.4 Å². The number of hydrogen-bond donors (Lipinski definition) is 1. The highest BCUT2D eigenvalue weighted by Gasteiger charge is 2.10. The Hall–Kier alpha value is -1.87. The zero-order chi connectivity index (χ0) is 14.5. The van der Waals surface area contributed by atoms with Crippen LogP contribution in [0.3, 0.4) is 0 Å². The number of methoxy groups -OCH3 is 1. The van der Waals surface area contributed by atoms with E-state index >= 15 is 0 Å². The number of halogens is 1. The van der Waals surface area contributed by atoms with Crippen molar-refractivity contribution in [1.29, 1.82) is 0 Å². The maximum absolute atomic E-state index is 14.1. The van der Waals surface area contributed by atoms with E-state index in [9.17, 15) is 4.39 Å². The number of hydrogen-bond acceptors (Lipinski definition) is 2. The average molecular weight is 273 g/mol. The third-order valence-corrected chi connectivity index (χ3v) is 3.38. The summed E-state index contributed by atoms with van der Waals surface area (Å²) in [6.45, 7) is 5.02. The van der Waals surface area contributed by atoms with Gasteiger partial charge in [-0.1, -0.05) is 25.1 Å². The van der Waals surface area contributed by atoms with Crippen molar-refractivity contribution in [3.63, 3.8) is 0 Å². The van der Waals surface area contributed by atoms with Crippen molar-refractivity contribution in [2.45, 2.75) is 19.9 Å². The van der Waals surface area contributed by atoms with Crippen LogP contribution in [0.25, 0.3) is 11.1 Å². The average Bonchev–Trinajstić information content (AvgIpc) is 2.48. The van der Waals surface area contributed by atoms with E-state index in [-0.39, 0.29) is 11.9 Å². The van der Waals surface area contributed by atoms with Gasteiger partial charge in [-0.2, -0.15) is 0 Å². The number of nitrogens with one attached hydrogen (secondary N) is 1. The topological polar surface area (TPSA) is 21.3 Å². The molecule has 2 aromatic rings. The largest absolute Gasteiger partial charge is 0.497 e. The molecular formula is C17H20FNO. The van der Waals surface area contributed by atoms with Crippen LogP contribution in [-0.4, -0.2) is 13.7 Å². The second kappa shape index (κ2) is 6.53. The number of rotatable bonds is 5. The van der Waals surface area contributed by atoms with E-state index in [4.69, 9.17) is 4.74 Å². The van der Waals surface area contributed by atoms with Crippen molar-refractivity contribution in [2.75, 3.05) is 13.7 Å². The minimum Gasteiger partial charge on any atom is -0.497 e. The molecule has 0 heterocycles. The zero-order valence-corrected chi connectivity index (χ0v) is 12.1. The van der Waals surface area contributed by atoms with Crippen LogP contribution >= 0.6 is 0 Å². The van der Waals surface area contributed by atoms with E-state index in [1.807, 2.05) is 36.4 Å². The Kier molecular flexibility index (Phi) is 4.74. The van der Waals surface area contributed by atoms with Gasteiger partial charge in [0.25, 0.3) is 0 Å². The summed E-state index contributed by atoms with van der Waals surface area (Å²) in [4.78, 5) is 0. The molecule has 20 heavy (non-hydrogen) atoms. The van der Waals surface area contributed by atoms with Gasteiger partial charge in [-0.05, 0) is 48.9 Å². The lowest BCUT2D eigenvalue weighted by molar-refractivity contribution is 0.415. The van der Waals surface area contributed by atoms with Crippen molar-refractivity contribution in [3.8, 4) is 16.9 Å². The minimum atomic E-state index is -0.217. The van der Waals surface area contributed by atoms with Crippen LogP contribution in [0.4, 0.5) is 4.39 Å². The summed E-state index contributed by atoms with van der Waals surface area (Å²) >= 11 is 0. The Morgan fingerprint density at radius 1 is 1.20 bits per heavy atom. The van der Waals surface area contributed by atoms with E-state index in [1.54, 1.807) is 7.11 Å². The lowest BCUT2D eigenvalue weighted by Crippen LogP contribution is -2.17. The first-order valence-corrected chi connectivity index (χ1v) is 6.83. The maximum atomic E-state index is 14.1. The van der Waals surface area contributed by atoms with Crippen molar-refractivity contribution < 1.29 is 9.13 Å². The molecule has 0 aliphatic carbocycles. The van der Waals surface area contributed by atoms with E-state index in [2.05, 4.69) is 19.2 Å². The summed E-state index contributed by atoms with van der Waals surface area (Å²) in [7, 11) is 1.61. The first-order valence-electron chi connectivity index (χ1n) is 6.83.